The molecule has 42 heteroatoms. The van der Waals surface area contributed by atoms with Crippen LogP contribution in [0.3, 0.4) is 0 Å². The molecule has 0 radical (unpaired) electrons. The summed E-state index contributed by atoms with van der Waals surface area (Å²) < 4.78 is 0. The zero-order chi connectivity index (χ0) is 83.0. The van der Waals surface area contributed by atoms with Gasteiger partial charge in [0.2, 0.25) is 76.8 Å². The van der Waals surface area contributed by atoms with E-state index in [9.17, 15) is 78.0 Å². The van der Waals surface area contributed by atoms with E-state index in [4.69, 9.17) is 34.1 Å². The van der Waals surface area contributed by atoms with Gasteiger partial charge in [-0.15, -0.1) is 0 Å². The second kappa shape index (κ2) is 44.8. The number of carbonyl (C=O) groups is 14. The highest BCUT2D eigenvalue weighted by Crippen LogP contribution is 2.22. The normalized spacial score (nSPS) is 14.6. The molecular weight excluding hydrogens is 1510 g/mol. The Morgan fingerprint density at radius 3 is 1.42 bits per heavy atom. The van der Waals surface area contributed by atoms with Crippen LogP contribution in [0.25, 0.3) is 21.8 Å². The number of carboxylic acids is 1. The van der Waals surface area contributed by atoms with Crippen LogP contribution in [0.5, 0.6) is 5.75 Å². The highest BCUT2D eigenvalue weighted by atomic mass is 32.1. The molecule has 0 spiro atoms. The predicted octanol–water partition coefficient (Wildman–Crippen LogP) is -6.14. The highest BCUT2D eigenvalue weighted by Gasteiger charge is 2.39. The Balaban J connectivity index is 1.31. The number of aromatic hydroxyl groups is 1. The molecule has 3 aromatic carbocycles. The van der Waals surface area contributed by atoms with Gasteiger partial charge < -0.3 is 128 Å². The lowest BCUT2D eigenvalue weighted by molar-refractivity contribution is -0.141. The third-order valence-electron chi connectivity index (χ3n) is 17.9. The topological polar surface area (TPSA) is 678 Å². The van der Waals surface area contributed by atoms with Crippen molar-refractivity contribution in [1.29, 1.82) is 5.41 Å². The van der Waals surface area contributed by atoms with E-state index in [0.717, 1.165) is 6.92 Å². The maximum absolute atomic E-state index is 15.3. The Hall–Kier alpha value is -11.9. The van der Waals surface area contributed by atoms with Crippen molar-refractivity contribution in [2.24, 2.45) is 28.7 Å². The van der Waals surface area contributed by atoms with E-state index in [1.54, 1.807) is 60.9 Å². The minimum Gasteiger partial charge on any atom is -0.508 e. The van der Waals surface area contributed by atoms with Gasteiger partial charge in [-0.3, -0.25) is 72.5 Å². The van der Waals surface area contributed by atoms with Crippen molar-refractivity contribution < 1.29 is 87.5 Å². The van der Waals surface area contributed by atoms with Crippen LogP contribution in [-0.4, -0.2) is 239 Å². The molecule has 0 saturated heterocycles. The number of amides is 13. The van der Waals surface area contributed by atoms with Gasteiger partial charge in [-0.2, -0.15) is 25.3 Å². The maximum Gasteiger partial charge on any atom is 0.305 e. The number of aromatic amines is 3. The number of phenols is 1. The van der Waals surface area contributed by atoms with E-state index in [0.29, 0.717) is 44.9 Å². The van der Waals surface area contributed by atoms with Gasteiger partial charge in [0.15, 0.2) is 5.96 Å². The zero-order valence-electron chi connectivity index (χ0n) is 61.5. The number of para-hydroxylation sites is 2. The van der Waals surface area contributed by atoms with Crippen LogP contribution in [0.2, 0.25) is 0 Å². The van der Waals surface area contributed by atoms with Crippen molar-refractivity contribution in [3.05, 3.63) is 120 Å². The third kappa shape index (κ3) is 28.4. The lowest BCUT2D eigenvalue weighted by atomic mass is 10.0. The molecule has 0 aliphatic carbocycles. The summed E-state index contributed by atoms with van der Waals surface area (Å²) in [7, 11) is 0. The zero-order valence-corrected chi connectivity index (χ0v) is 63.3. The number of nitrogens with two attached hydrogens (primary N) is 5. The number of aliphatic hydroxyl groups excluding tert-OH is 2. The molecule has 6 aromatic rings. The largest absolute Gasteiger partial charge is 0.508 e. The van der Waals surface area contributed by atoms with E-state index >= 15 is 9.59 Å². The van der Waals surface area contributed by atoms with Crippen LogP contribution in [0.15, 0.2) is 97.7 Å². The molecule has 40 nitrogen and oxygen atoms in total. The lowest BCUT2D eigenvalue weighted by Crippen LogP contribution is -2.62. The van der Waals surface area contributed by atoms with Crippen LogP contribution in [0, 0.1) is 5.41 Å². The molecule has 0 bridgehead atoms. The number of imidazole rings is 1. The summed E-state index contributed by atoms with van der Waals surface area (Å²) in [5.41, 5.74) is 30.6. The van der Waals surface area contributed by atoms with Crippen LogP contribution < -0.4 is 92.5 Å². The number of fused-ring (bicyclic) bond motifs is 2. The number of H-pyrrole nitrogens is 3. The molecular formula is C71H98N22O18S2. The lowest BCUT2D eigenvalue weighted by Gasteiger charge is -2.29. The van der Waals surface area contributed by atoms with Gasteiger partial charge in [-0.25, -0.2) is 4.98 Å². The number of aliphatic carboxylic acids is 1. The fourth-order valence-electron chi connectivity index (χ4n) is 11.7. The van der Waals surface area contributed by atoms with Crippen LogP contribution in [0.1, 0.15) is 80.7 Å². The Kier molecular flexibility index (Phi) is 35.7. The van der Waals surface area contributed by atoms with Gasteiger partial charge in [0.1, 0.15) is 72.2 Å². The van der Waals surface area contributed by atoms with Crippen LogP contribution in [-0.2, 0) is 92.8 Å². The first-order chi connectivity index (χ1) is 53.8. The molecule has 0 fully saturated rings. The standard InChI is InChI=1S/C71H98N22O18S2/c1-35(95)58(93-68(109)53(27-57(98)99)86-60(101)43(73)32-112)70(111)90-51(25-38-29-81-45-12-5-3-10-42(38)45)65(106)83-46(13-6-7-21-72)62(103)92-55(33-113)69(110)87-49(23-36-15-17-40(96)18-16-36)64(105)88-50(24-37-28-80-44-11-4-2-9-41(37)44)66(107)89-52(26-39-30-78-34-82-39)67(108)84-47(14-8-22-79-71(76)77)61(102)85-48(19-20-56(74)97)63(104)91-54(31-94)59(75)100/h2-5,9-12,15-18,28-30,34-35,43,46-55,58,80-81,94-96,112-113H,6-8,13-14,19-27,31-33,72-73H2,1H3,(H2,74,97)(H2,75,100)(H,78,82)(H,83,106)(H,84,108)(H,85,102)(H,86,101)(H,87,110)(H,88,105)(H,89,107)(H,90,111)(H,91,104)(H,92,103)(H,93,109)(H,98,99)(H4,76,77,79)/t35-,43+,46+,47+,48+,49+,50+,51+,52+,53+,54+,55+,58+/m1/s1. The number of rotatable bonds is 48. The fourth-order valence-corrected chi connectivity index (χ4v) is 12.1. The molecule has 113 heavy (non-hydrogen) atoms. The first kappa shape index (κ1) is 90.0. The molecule has 13 amide bonds. The third-order valence-corrected chi connectivity index (χ3v) is 18.6. The molecule has 3 aromatic heterocycles. The monoisotopic (exact) mass is 1610 g/mol. The number of thiol groups is 2. The van der Waals surface area contributed by atoms with Gasteiger partial charge in [-0.1, -0.05) is 48.5 Å². The minimum absolute atomic E-state index is 0.0164. The van der Waals surface area contributed by atoms with Crippen molar-refractivity contribution >= 4 is 136 Å². The van der Waals surface area contributed by atoms with E-state index in [1.165, 1.54) is 36.8 Å². The minimum atomic E-state index is -1.91. The summed E-state index contributed by atoms with van der Waals surface area (Å²) in [6, 6.07) is -0.185. The Morgan fingerprint density at radius 1 is 0.513 bits per heavy atom. The Morgan fingerprint density at radius 2 is 0.956 bits per heavy atom. The molecule has 3 heterocycles. The van der Waals surface area contributed by atoms with Gasteiger partial charge in [0.05, 0.1) is 31.5 Å². The van der Waals surface area contributed by atoms with Gasteiger partial charge in [0, 0.05) is 96.2 Å². The summed E-state index contributed by atoms with van der Waals surface area (Å²) in [4.78, 5) is 207. The molecule has 0 unspecified atom stereocenters. The van der Waals surface area contributed by atoms with Crippen molar-refractivity contribution in [2.75, 3.05) is 31.2 Å². The maximum atomic E-state index is 15.3. The number of primary amides is 2. The average molecular weight is 1610 g/mol. The van der Waals surface area contributed by atoms with Crippen LogP contribution in [0.4, 0.5) is 0 Å². The van der Waals surface area contributed by atoms with Crippen molar-refractivity contribution in [3.8, 4) is 5.75 Å². The van der Waals surface area contributed by atoms with Crippen molar-refractivity contribution in [1.82, 2.24) is 83.7 Å². The summed E-state index contributed by atoms with van der Waals surface area (Å²) in [6.07, 6.45) is 0.989. The molecule has 612 valence electrons. The van der Waals surface area contributed by atoms with E-state index in [2.05, 4.69) is 109 Å². The summed E-state index contributed by atoms with van der Waals surface area (Å²) in [5.74, 6) is -16.3. The van der Waals surface area contributed by atoms with E-state index in [-0.39, 0.29) is 81.7 Å². The molecule has 30 N–H and O–H groups in total. The average Bonchev–Trinajstić information content (AvgIpc) is 1.57. The number of phenolic OH excluding ortho intramolecular Hbond substituents is 1. The first-order valence-corrected chi connectivity index (χ1v) is 37.1. The first-order valence-electron chi connectivity index (χ1n) is 35.9. The Bertz CT molecular complexity index is 4300. The second-order valence-corrected chi connectivity index (χ2v) is 27.3. The SMILES string of the molecule is C[C@@H](O)[C@H](NC(=O)[C@H](CC(=O)O)NC(=O)[C@@H](N)CS)C(=O)N[C@@H](Cc1c[nH]c2ccccc12)C(=O)N[C@@H](CCCCN)C(=O)N[C@@H](CS)C(=O)N[C@@H](Cc1ccc(O)cc1)C(=O)N[C@@H](Cc1c[nH]c2ccccc12)C(=O)N[C@@H](Cc1cnc[nH]1)C(=O)N[C@@H](CCCNC(=N)N)C(=O)N[C@@H](CCC(N)=O)C(=O)N[C@@H](CO)C(N)=O. The second-order valence-electron chi connectivity index (χ2n) is 26.5. The number of carbonyl (C=O) groups excluding carboxylic acids is 13. The molecule has 0 aliphatic rings. The molecule has 0 saturated carbocycles. The molecule has 0 aliphatic heterocycles. The molecule has 13 atom stereocenters. The number of hydrogen-bond donors (Lipinski definition) is 27. The quantitative estimate of drug-likeness (QED) is 0.00731. The summed E-state index contributed by atoms with van der Waals surface area (Å²) >= 11 is 8.38. The number of aliphatic hydroxyl groups is 2. The summed E-state index contributed by atoms with van der Waals surface area (Å²) in [5, 5.41) is 79.6. The number of nitrogens with one attached hydrogen (secondary N) is 16. The van der Waals surface area contributed by atoms with E-state index in [1.807, 2.05) is 0 Å². The predicted molar refractivity (Wildman–Crippen MR) is 416 cm³/mol. The van der Waals surface area contributed by atoms with Gasteiger partial charge in [0.25, 0.3) is 0 Å². The number of benzene rings is 3. The number of hydrogen-bond acceptors (Lipinski definition) is 23. The van der Waals surface area contributed by atoms with Gasteiger partial charge >= 0.3 is 5.97 Å². The number of carboxylic acid groups (broad SMARTS) is 1. The number of nitrogens with zero attached hydrogens (tertiary/aromatic N) is 1. The smallest absolute Gasteiger partial charge is 0.305 e. The summed E-state index contributed by atoms with van der Waals surface area (Å²) in [6.45, 7) is 0.299. The Labute approximate surface area is 657 Å². The van der Waals surface area contributed by atoms with Gasteiger partial charge in [-0.05, 0) is 92.9 Å². The van der Waals surface area contributed by atoms with Crippen molar-refractivity contribution in [3.63, 3.8) is 0 Å². The number of guanidine groups is 1. The van der Waals surface area contributed by atoms with Crippen molar-refractivity contribution in [2.45, 2.75) is 163 Å². The highest BCUT2D eigenvalue weighted by molar-refractivity contribution is 7.80. The fraction of sp³-hybridized carbons (Fsp3) is 0.437. The number of unbranched alkanes of at least 4 members (excludes halogenated alkanes) is 1. The molecule has 6 rings (SSSR count). The number of aromatic nitrogens is 4. The van der Waals surface area contributed by atoms with E-state index < -0.39 is 199 Å². The van der Waals surface area contributed by atoms with Crippen LogP contribution >= 0.6 is 25.3 Å².